The number of hydrogen-bond acceptors (Lipinski definition) is 2. The molecule has 0 atom stereocenters. The van der Waals surface area contributed by atoms with Crippen LogP contribution >= 0.6 is 0 Å². The predicted molar refractivity (Wildman–Crippen MR) is 74.4 cm³/mol. The van der Waals surface area contributed by atoms with Crippen LogP contribution in [0.1, 0.15) is 15.9 Å². The van der Waals surface area contributed by atoms with Crippen LogP contribution in [0.3, 0.4) is 0 Å². The van der Waals surface area contributed by atoms with Crippen molar-refractivity contribution in [2.75, 3.05) is 5.32 Å². The van der Waals surface area contributed by atoms with Gasteiger partial charge in [-0.15, -0.1) is 0 Å². The zero-order valence-electron chi connectivity index (χ0n) is 11.1. The second kappa shape index (κ2) is 6.30. The summed E-state index contributed by atoms with van der Waals surface area (Å²) < 4.78 is 37.2. The number of para-hydroxylation sites is 1. The lowest BCUT2D eigenvalue weighted by Crippen LogP contribution is -2.34. The number of amides is 3. The van der Waals surface area contributed by atoms with E-state index >= 15 is 0 Å². The van der Waals surface area contributed by atoms with E-state index in [0.717, 1.165) is 24.3 Å². The highest BCUT2D eigenvalue weighted by molar-refractivity contribution is 6.07. The highest BCUT2D eigenvalue weighted by Crippen LogP contribution is 2.29. The third-order valence-electron chi connectivity index (χ3n) is 2.73. The van der Waals surface area contributed by atoms with Gasteiger partial charge in [-0.3, -0.25) is 10.1 Å². The van der Waals surface area contributed by atoms with Crippen LogP contribution in [0.2, 0.25) is 0 Å². The fourth-order valence-corrected chi connectivity index (χ4v) is 1.67. The molecule has 2 aromatic rings. The van der Waals surface area contributed by atoms with Gasteiger partial charge in [0.2, 0.25) is 0 Å². The number of alkyl halides is 3. The first kappa shape index (κ1) is 15.6. The van der Waals surface area contributed by atoms with Gasteiger partial charge in [-0.1, -0.05) is 18.2 Å². The second-order valence-corrected chi connectivity index (χ2v) is 4.35. The van der Waals surface area contributed by atoms with Crippen LogP contribution in [0.4, 0.5) is 23.7 Å². The maximum atomic E-state index is 12.4. The average Bonchev–Trinajstić information content (AvgIpc) is 2.47. The minimum absolute atomic E-state index is 0.0452. The van der Waals surface area contributed by atoms with Crippen LogP contribution in [0, 0.1) is 0 Å². The van der Waals surface area contributed by atoms with Gasteiger partial charge in [0.05, 0.1) is 5.56 Å². The number of anilines is 1. The number of halogens is 3. The normalized spacial score (nSPS) is 10.9. The SMILES string of the molecule is O=C(NC(=O)c1ccc(C(F)(F)F)cc1)Nc1ccccc1. The highest BCUT2D eigenvalue weighted by atomic mass is 19.4. The topological polar surface area (TPSA) is 58.2 Å². The summed E-state index contributed by atoms with van der Waals surface area (Å²) in [4.78, 5) is 23.4. The molecule has 0 saturated carbocycles. The maximum absolute atomic E-state index is 12.4. The molecule has 2 aromatic carbocycles. The Bertz CT molecular complexity index is 667. The Morgan fingerprint density at radius 1 is 0.864 bits per heavy atom. The lowest BCUT2D eigenvalue weighted by molar-refractivity contribution is -0.137. The molecule has 0 aliphatic rings. The van der Waals surface area contributed by atoms with E-state index in [1.165, 1.54) is 0 Å². The smallest absolute Gasteiger partial charge is 0.308 e. The van der Waals surface area contributed by atoms with Gasteiger partial charge in [-0.25, -0.2) is 4.79 Å². The van der Waals surface area contributed by atoms with Crippen molar-refractivity contribution in [1.29, 1.82) is 0 Å². The largest absolute Gasteiger partial charge is 0.416 e. The minimum Gasteiger partial charge on any atom is -0.308 e. The average molecular weight is 308 g/mol. The summed E-state index contributed by atoms with van der Waals surface area (Å²) in [5.74, 6) is -0.790. The molecule has 22 heavy (non-hydrogen) atoms. The molecule has 2 N–H and O–H groups in total. The van der Waals surface area contributed by atoms with E-state index in [9.17, 15) is 22.8 Å². The monoisotopic (exact) mass is 308 g/mol. The lowest BCUT2D eigenvalue weighted by atomic mass is 10.1. The molecule has 0 aliphatic heterocycles. The molecule has 4 nitrogen and oxygen atoms in total. The Morgan fingerprint density at radius 3 is 2.00 bits per heavy atom. The lowest BCUT2D eigenvalue weighted by Gasteiger charge is -2.08. The zero-order chi connectivity index (χ0) is 16.2. The Hall–Kier alpha value is -2.83. The summed E-state index contributed by atoms with van der Waals surface area (Å²) in [6.45, 7) is 0. The molecular weight excluding hydrogens is 297 g/mol. The molecular formula is C15H11F3N2O2. The summed E-state index contributed by atoms with van der Waals surface area (Å²) in [6, 6.07) is 11.2. The maximum Gasteiger partial charge on any atom is 0.416 e. The minimum atomic E-state index is -4.47. The summed E-state index contributed by atoms with van der Waals surface area (Å²) in [7, 11) is 0. The molecule has 0 bridgehead atoms. The van der Waals surface area contributed by atoms with Crippen LogP contribution in [0.5, 0.6) is 0 Å². The summed E-state index contributed by atoms with van der Waals surface area (Å²) in [5, 5.41) is 4.46. The standard InChI is InChI=1S/C15H11F3N2O2/c16-15(17,18)11-8-6-10(7-9-11)13(21)20-14(22)19-12-4-2-1-3-5-12/h1-9H,(H2,19,20,21,22). The number of carbonyl (C=O) groups is 2. The molecule has 0 unspecified atom stereocenters. The van der Waals surface area contributed by atoms with Gasteiger partial charge in [0, 0.05) is 11.3 Å². The number of nitrogens with one attached hydrogen (secondary N) is 2. The van der Waals surface area contributed by atoms with Gasteiger partial charge < -0.3 is 5.32 Å². The molecule has 114 valence electrons. The van der Waals surface area contributed by atoms with E-state index in [2.05, 4.69) is 5.32 Å². The summed E-state index contributed by atoms with van der Waals surface area (Å²) >= 11 is 0. The van der Waals surface area contributed by atoms with Gasteiger partial charge >= 0.3 is 12.2 Å². The van der Waals surface area contributed by atoms with Crippen LogP contribution in [0.15, 0.2) is 54.6 Å². The third-order valence-corrected chi connectivity index (χ3v) is 2.73. The van der Waals surface area contributed by atoms with Crippen molar-refractivity contribution in [2.24, 2.45) is 0 Å². The van der Waals surface area contributed by atoms with E-state index in [-0.39, 0.29) is 5.56 Å². The highest BCUT2D eigenvalue weighted by Gasteiger charge is 2.30. The third kappa shape index (κ3) is 4.08. The number of benzene rings is 2. The van der Waals surface area contributed by atoms with Crippen molar-refractivity contribution < 1.29 is 22.8 Å². The van der Waals surface area contributed by atoms with Crippen molar-refractivity contribution in [3.8, 4) is 0 Å². The fourth-order valence-electron chi connectivity index (χ4n) is 1.67. The Labute approximate surface area is 124 Å². The quantitative estimate of drug-likeness (QED) is 0.889. The van der Waals surface area contributed by atoms with Crippen LogP contribution in [-0.4, -0.2) is 11.9 Å². The van der Waals surface area contributed by atoms with Gasteiger partial charge in [0.15, 0.2) is 0 Å². The first-order chi connectivity index (χ1) is 10.4. The number of urea groups is 1. The number of imide groups is 1. The Morgan fingerprint density at radius 2 is 1.45 bits per heavy atom. The molecule has 0 spiro atoms. The van der Waals surface area contributed by atoms with Crippen molar-refractivity contribution in [2.45, 2.75) is 6.18 Å². The molecule has 2 rings (SSSR count). The number of carbonyl (C=O) groups excluding carboxylic acids is 2. The van der Waals surface area contributed by atoms with E-state index in [4.69, 9.17) is 0 Å². The Kier molecular flexibility index (Phi) is 4.45. The molecule has 3 amide bonds. The van der Waals surface area contributed by atoms with Crippen molar-refractivity contribution in [3.63, 3.8) is 0 Å². The molecule has 0 heterocycles. The van der Waals surface area contributed by atoms with Crippen LogP contribution < -0.4 is 10.6 Å². The zero-order valence-corrected chi connectivity index (χ0v) is 11.1. The first-order valence-electron chi connectivity index (χ1n) is 6.21. The van der Waals surface area contributed by atoms with Gasteiger partial charge in [-0.2, -0.15) is 13.2 Å². The van der Waals surface area contributed by atoms with Gasteiger partial charge in [-0.05, 0) is 36.4 Å². The van der Waals surface area contributed by atoms with Crippen molar-refractivity contribution >= 4 is 17.6 Å². The van der Waals surface area contributed by atoms with Crippen LogP contribution in [0.25, 0.3) is 0 Å². The molecule has 7 heteroatoms. The molecule has 0 saturated heterocycles. The summed E-state index contributed by atoms with van der Waals surface area (Å²) in [5.41, 5.74) is -0.422. The number of rotatable bonds is 2. The number of hydrogen-bond donors (Lipinski definition) is 2. The van der Waals surface area contributed by atoms with Crippen LogP contribution in [-0.2, 0) is 6.18 Å². The molecule has 0 fully saturated rings. The molecule has 0 aromatic heterocycles. The van der Waals surface area contributed by atoms with E-state index < -0.39 is 23.7 Å². The Balaban J connectivity index is 1.98. The molecule has 0 aliphatic carbocycles. The van der Waals surface area contributed by atoms with E-state index in [1.54, 1.807) is 30.3 Å². The summed E-state index contributed by atoms with van der Waals surface area (Å²) in [6.07, 6.45) is -4.47. The predicted octanol–water partition coefficient (Wildman–Crippen LogP) is 3.67. The second-order valence-electron chi connectivity index (χ2n) is 4.35. The first-order valence-corrected chi connectivity index (χ1v) is 6.21. The molecule has 0 radical (unpaired) electrons. The van der Waals surface area contributed by atoms with Crippen molar-refractivity contribution in [3.05, 3.63) is 65.7 Å². The van der Waals surface area contributed by atoms with Crippen molar-refractivity contribution in [1.82, 2.24) is 5.32 Å². The van der Waals surface area contributed by atoms with E-state index in [0.29, 0.717) is 5.69 Å². The van der Waals surface area contributed by atoms with E-state index in [1.807, 2.05) is 5.32 Å². The van der Waals surface area contributed by atoms with Gasteiger partial charge in [0.1, 0.15) is 0 Å². The fraction of sp³-hybridized carbons (Fsp3) is 0.0667. The van der Waals surface area contributed by atoms with Gasteiger partial charge in [0.25, 0.3) is 5.91 Å².